The van der Waals surface area contributed by atoms with Gasteiger partial charge in [0.05, 0.1) is 21.4 Å². The predicted molar refractivity (Wildman–Crippen MR) is 104 cm³/mol. The standard InChI is InChI=1S/C19H24Cl2N4/c20-16-8-7-14(12-17(16)21)25-19-15(6-2-3-9-22-19)18(23-25)13-24-10-4-1-5-11-24/h7-8,12,22H,1-6,9-11,13H2. The Kier molecular flexibility index (Phi) is 5.20. The Labute approximate surface area is 159 Å². The molecule has 0 radical (unpaired) electrons. The van der Waals surface area contributed by atoms with Crippen molar-refractivity contribution in [2.45, 2.75) is 45.1 Å². The van der Waals surface area contributed by atoms with E-state index in [0.29, 0.717) is 10.0 Å². The lowest BCUT2D eigenvalue weighted by Gasteiger charge is -2.25. The molecule has 134 valence electrons. The number of aromatic nitrogens is 2. The van der Waals surface area contributed by atoms with Gasteiger partial charge in [-0.15, -0.1) is 0 Å². The van der Waals surface area contributed by atoms with E-state index < -0.39 is 0 Å². The molecule has 4 rings (SSSR count). The number of hydrogen-bond acceptors (Lipinski definition) is 3. The average Bonchev–Trinajstić information content (AvgIpc) is 2.81. The molecule has 0 unspecified atom stereocenters. The fourth-order valence-electron chi connectivity index (χ4n) is 3.83. The van der Waals surface area contributed by atoms with Crippen LogP contribution in [-0.4, -0.2) is 34.3 Å². The van der Waals surface area contributed by atoms with Crippen LogP contribution < -0.4 is 5.32 Å². The Morgan fingerprint density at radius 1 is 1.00 bits per heavy atom. The summed E-state index contributed by atoms with van der Waals surface area (Å²) in [6.07, 6.45) is 7.45. The number of piperidine rings is 1. The highest BCUT2D eigenvalue weighted by Gasteiger charge is 2.23. The number of benzene rings is 1. The second kappa shape index (κ2) is 7.56. The predicted octanol–water partition coefficient (Wildman–Crippen LogP) is 4.91. The molecule has 1 aromatic heterocycles. The molecule has 0 aliphatic carbocycles. The summed E-state index contributed by atoms with van der Waals surface area (Å²) in [7, 11) is 0. The number of hydrogen-bond donors (Lipinski definition) is 1. The lowest BCUT2D eigenvalue weighted by molar-refractivity contribution is 0.217. The summed E-state index contributed by atoms with van der Waals surface area (Å²) in [4.78, 5) is 2.54. The van der Waals surface area contributed by atoms with E-state index in [1.165, 1.54) is 56.5 Å². The number of nitrogens with zero attached hydrogens (tertiary/aromatic N) is 3. The van der Waals surface area contributed by atoms with Crippen molar-refractivity contribution in [3.63, 3.8) is 0 Å². The zero-order valence-electron chi connectivity index (χ0n) is 14.4. The molecule has 0 saturated carbocycles. The SMILES string of the molecule is Clc1ccc(-n2nc(CN3CCCCC3)c3c2NCCCC3)cc1Cl. The molecule has 0 amide bonds. The summed E-state index contributed by atoms with van der Waals surface area (Å²) < 4.78 is 2.02. The van der Waals surface area contributed by atoms with Crippen LogP contribution in [0, 0.1) is 0 Å². The fourth-order valence-corrected chi connectivity index (χ4v) is 4.13. The topological polar surface area (TPSA) is 33.1 Å². The van der Waals surface area contributed by atoms with Gasteiger partial charge in [-0.3, -0.25) is 4.90 Å². The summed E-state index contributed by atoms with van der Waals surface area (Å²) >= 11 is 12.3. The average molecular weight is 379 g/mol. The van der Waals surface area contributed by atoms with Crippen LogP contribution in [0.4, 0.5) is 5.82 Å². The van der Waals surface area contributed by atoms with E-state index in [4.69, 9.17) is 28.3 Å². The van der Waals surface area contributed by atoms with Crippen LogP contribution in [0.15, 0.2) is 18.2 Å². The first-order valence-electron chi connectivity index (χ1n) is 9.25. The van der Waals surface area contributed by atoms with Gasteiger partial charge < -0.3 is 5.32 Å². The summed E-state index contributed by atoms with van der Waals surface area (Å²) in [6.45, 7) is 4.30. The number of likely N-dealkylation sites (tertiary alicyclic amines) is 1. The molecule has 6 heteroatoms. The molecule has 2 aliphatic rings. The third-order valence-corrected chi connectivity index (χ3v) is 5.92. The molecule has 1 N–H and O–H groups in total. The van der Waals surface area contributed by atoms with Gasteiger partial charge in [0.25, 0.3) is 0 Å². The van der Waals surface area contributed by atoms with Gasteiger partial charge in [0, 0.05) is 18.7 Å². The van der Waals surface area contributed by atoms with Crippen molar-refractivity contribution < 1.29 is 0 Å². The van der Waals surface area contributed by atoms with Crippen molar-refractivity contribution in [1.29, 1.82) is 0 Å². The Morgan fingerprint density at radius 3 is 2.64 bits per heavy atom. The van der Waals surface area contributed by atoms with Crippen LogP contribution in [0.5, 0.6) is 0 Å². The number of fused-ring (bicyclic) bond motifs is 1. The van der Waals surface area contributed by atoms with Gasteiger partial charge in [0.2, 0.25) is 0 Å². The van der Waals surface area contributed by atoms with Crippen LogP contribution >= 0.6 is 23.2 Å². The largest absolute Gasteiger partial charge is 0.370 e. The van der Waals surface area contributed by atoms with Crippen LogP contribution in [0.25, 0.3) is 5.69 Å². The Hall–Kier alpha value is -1.23. The molecule has 1 saturated heterocycles. The second-order valence-electron chi connectivity index (χ2n) is 7.00. The first-order valence-corrected chi connectivity index (χ1v) is 10.0. The van der Waals surface area contributed by atoms with E-state index in [0.717, 1.165) is 31.0 Å². The minimum atomic E-state index is 0.564. The van der Waals surface area contributed by atoms with Crippen molar-refractivity contribution in [2.75, 3.05) is 25.0 Å². The lowest BCUT2D eigenvalue weighted by atomic mass is 10.1. The highest BCUT2D eigenvalue weighted by molar-refractivity contribution is 6.42. The smallest absolute Gasteiger partial charge is 0.133 e. The normalized spacial score (nSPS) is 18.5. The second-order valence-corrected chi connectivity index (χ2v) is 7.82. The third-order valence-electron chi connectivity index (χ3n) is 5.18. The molecular formula is C19H24Cl2N4. The van der Waals surface area contributed by atoms with Gasteiger partial charge >= 0.3 is 0 Å². The number of anilines is 1. The summed E-state index contributed by atoms with van der Waals surface area (Å²) in [6, 6.07) is 5.72. The maximum absolute atomic E-state index is 6.24. The first kappa shape index (κ1) is 17.2. The number of halogens is 2. The molecular weight excluding hydrogens is 355 g/mol. The van der Waals surface area contributed by atoms with Gasteiger partial charge in [0.15, 0.2) is 0 Å². The molecule has 25 heavy (non-hydrogen) atoms. The van der Waals surface area contributed by atoms with Crippen molar-refractivity contribution in [2.24, 2.45) is 0 Å². The molecule has 1 aromatic carbocycles. The van der Waals surface area contributed by atoms with Crippen molar-refractivity contribution in [1.82, 2.24) is 14.7 Å². The molecule has 1 fully saturated rings. The molecule has 0 bridgehead atoms. The van der Waals surface area contributed by atoms with E-state index in [2.05, 4.69) is 10.2 Å². The molecule has 0 spiro atoms. The van der Waals surface area contributed by atoms with Crippen molar-refractivity contribution in [3.05, 3.63) is 39.5 Å². The van der Waals surface area contributed by atoms with Crippen LogP contribution in [-0.2, 0) is 13.0 Å². The van der Waals surface area contributed by atoms with E-state index in [1.807, 2.05) is 22.9 Å². The molecule has 2 aromatic rings. The van der Waals surface area contributed by atoms with Crippen LogP contribution in [0.3, 0.4) is 0 Å². The van der Waals surface area contributed by atoms with Gasteiger partial charge in [-0.05, 0) is 63.4 Å². The quantitative estimate of drug-likeness (QED) is 0.822. The van der Waals surface area contributed by atoms with Crippen molar-refractivity contribution >= 4 is 29.0 Å². The Bertz CT molecular complexity index is 750. The highest BCUT2D eigenvalue weighted by atomic mass is 35.5. The molecule has 0 atom stereocenters. The van der Waals surface area contributed by atoms with Gasteiger partial charge in [0.1, 0.15) is 5.82 Å². The lowest BCUT2D eigenvalue weighted by Crippen LogP contribution is -2.29. The monoisotopic (exact) mass is 378 g/mol. The summed E-state index contributed by atoms with van der Waals surface area (Å²) in [5, 5.41) is 9.71. The Balaban J connectivity index is 1.71. The first-order chi connectivity index (χ1) is 12.2. The minimum absolute atomic E-state index is 0.564. The molecule has 3 heterocycles. The van der Waals surface area contributed by atoms with Gasteiger partial charge in [-0.2, -0.15) is 5.10 Å². The van der Waals surface area contributed by atoms with Crippen LogP contribution in [0.2, 0.25) is 10.0 Å². The summed E-state index contributed by atoms with van der Waals surface area (Å²) in [5.74, 6) is 1.13. The summed E-state index contributed by atoms with van der Waals surface area (Å²) in [5.41, 5.74) is 3.54. The van der Waals surface area contributed by atoms with Gasteiger partial charge in [-0.25, -0.2) is 4.68 Å². The maximum Gasteiger partial charge on any atom is 0.133 e. The van der Waals surface area contributed by atoms with Gasteiger partial charge in [-0.1, -0.05) is 29.6 Å². The zero-order valence-corrected chi connectivity index (χ0v) is 15.9. The number of rotatable bonds is 3. The fraction of sp³-hybridized carbons (Fsp3) is 0.526. The van der Waals surface area contributed by atoms with E-state index in [9.17, 15) is 0 Å². The van der Waals surface area contributed by atoms with Crippen molar-refractivity contribution in [3.8, 4) is 5.69 Å². The number of nitrogens with one attached hydrogen (secondary N) is 1. The molecule has 2 aliphatic heterocycles. The van der Waals surface area contributed by atoms with E-state index >= 15 is 0 Å². The minimum Gasteiger partial charge on any atom is -0.370 e. The highest BCUT2D eigenvalue weighted by Crippen LogP contribution is 2.31. The van der Waals surface area contributed by atoms with E-state index in [-0.39, 0.29) is 0 Å². The van der Waals surface area contributed by atoms with Crippen LogP contribution in [0.1, 0.15) is 43.4 Å². The maximum atomic E-state index is 6.24. The third kappa shape index (κ3) is 3.67. The zero-order chi connectivity index (χ0) is 17.2. The Morgan fingerprint density at radius 2 is 1.84 bits per heavy atom. The molecule has 4 nitrogen and oxygen atoms in total. The van der Waals surface area contributed by atoms with E-state index in [1.54, 1.807) is 0 Å².